The van der Waals surface area contributed by atoms with E-state index in [-0.39, 0.29) is 21.5 Å². The van der Waals surface area contributed by atoms with Crippen molar-refractivity contribution in [2.75, 3.05) is 11.1 Å². The molecule has 0 radical (unpaired) electrons. The number of halogens is 3. The Hall–Kier alpha value is -2.20. The van der Waals surface area contributed by atoms with Gasteiger partial charge in [0.1, 0.15) is 23.5 Å². The fraction of sp³-hybridized carbons (Fsp3) is 0. The third-order valence-electron chi connectivity index (χ3n) is 2.29. The normalized spacial score (nSPS) is 10.0. The summed E-state index contributed by atoms with van der Waals surface area (Å²) in [7, 11) is 0. The molecular formula is C12H7BrF2N4. The largest absolute Gasteiger partial charge is 0.397 e. The molecule has 1 heterocycles. The minimum atomic E-state index is -0.671. The third-order valence-corrected chi connectivity index (χ3v) is 2.90. The zero-order valence-electron chi connectivity index (χ0n) is 9.42. The molecule has 19 heavy (non-hydrogen) atoms. The number of benzene rings is 1. The fourth-order valence-electron chi connectivity index (χ4n) is 1.41. The van der Waals surface area contributed by atoms with Crippen LogP contribution in [-0.4, -0.2) is 4.98 Å². The van der Waals surface area contributed by atoms with Gasteiger partial charge in [0.05, 0.1) is 27.6 Å². The molecule has 0 fully saturated rings. The Morgan fingerprint density at radius 1 is 1.26 bits per heavy atom. The van der Waals surface area contributed by atoms with E-state index in [0.29, 0.717) is 5.69 Å². The number of hydrogen-bond donors (Lipinski definition) is 2. The van der Waals surface area contributed by atoms with Crippen molar-refractivity contribution in [2.45, 2.75) is 0 Å². The lowest BCUT2D eigenvalue weighted by molar-refractivity contribution is 0.597. The summed E-state index contributed by atoms with van der Waals surface area (Å²) in [6.45, 7) is 0. The molecular weight excluding hydrogens is 318 g/mol. The van der Waals surface area contributed by atoms with Crippen molar-refractivity contribution in [1.82, 2.24) is 4.98 Å². The Balaban J connectivity index is 2.42. The lowest BCUT2D eigenvalue weighted by atomic mass is 10.2. The highest BCUT2D eigenvalue weighted by Crippen LogP contribution is 2.26. The molecule has 1 aromatic heterocycles. The maximum absolute atomic E-state index is 13.6. The van der Waals surface area contributed by atoms with Gasteiger partial charge in [0.15, 0.2) is 0 Å². The summed E-state index contributed by atoms with van der Waals surface area (Å²) in [6.07, 6.45) is 1.32. The summed E-state index contributed by atoms with van der Waals surface area (Å²) in [4.78, 5) is 3.88. The van der Waals surface area contributed by atoms with E-state index in [9.17, 15) is 8.78 Å². The van der Waals surface area contributed by atoms with E-state index in [2.05, 4.69) is 26.2 Å². The summed E-state index contributed by atoms with van der Waals surface area (Å²) in [6, 6.07) is 5.22. The summed E-state index contributed by atoms with van der Waals surface area (Å²) in [5, 5.41) is 11.5. The van der Waals surface area contributed by atoms with Crippen molar-refractivity contribution in [3.8, 4) is 6.07 Å². The van der Waals surface area contributed by atoms with Gasteiger partial charge in [-0.05, 0) is 28.1 Å². The first-order valence-electron chi connectivity index (χ1n) is 5.08. The van der Waals surface area contributed by atoms with Crippen LogP contribution in [0.3, 0.4) is 0 Å². The third kappa shape index (κ3) is 2.80. The van der Waals surface area contributed by atoms with Crippen molar-refractivity contribution in [3.05, 3.63) is 46.1 Å². The number of aromatic nitrogens is 1. The maximum Gasteiger partial charge on any atom is 0.148 e. The Labute approximate surface area is 116 Å². The van der Waals surface area contributed by atoms with Crippen molar-refractivity contribution < 1.29 is 8.78 Å². The van der Waals surface area contributed by atoms with Crippen LogP contribution in [0.5, 0.6) is 0 Å². The Morgan fingerprint density at radius 2 is 2.00 bits per heavy atom. The second kappa shape index (κ2) is 5.20. The first-order chi connectivity index (χ1) is 9.01. The first-order valence-corrected chi connectivity index (χ1v) is 5.87. The molecule has 0 unspecified atom stereocenters. The van der Waals surface area contributed by atoms with Gasteiger partial charge >= 0.3 is 0 Å². The first kappa shape index (κ1) is 13.2. The molecule has 1 aromatic carbocycles. The lowest BCUT2D eigenvalue weighted by Gasteiger charge is -2.09. The molecule has 2 aromatic rings. The number of rotatable bonds is 2. The van der Waals surface area contributed by atoms with Crippen LogP contribution in [0.4, 0.5) is 26.0 Å². The van der Waals surface area contributed by atoms with Gasteiger partial charge in [0.2, 0.25) is 0 Å². The van der Waals surface area contributed by atoms with Crippen molar-refractivity contribution in [3.63, 3.8) is 0 Å². The predicted molar refractivity (Wildman–Crippen MR) is 70.7 cm³/mol. The number of nitrogens with one attached hydrogen (secondary N) is 1. The van der Waals surface area contributed by atoms with Gasteiger partial charge in [0.25, 0.3) is 0 Å². The summed E-state index contributed by atoms with van der Waals surface area (Å²) >= 11 is 2.88. The van der Waals surface area contributed by atoms with E-state index in [4.69, 9.17) is 11.0 Å². The molecule has 3 N–H and O–H groups in total. The molecule has 7 heteroatoms. The molecule has 4 nitrogen and oxygen atoms in total. The van der Waals surface area contributed by atoms with Crippen LogP contribution in [0.25, 0.3) is 0 Å². The second-order valence-electron chi connectivity index (χ2n) is 3.65. The van der Waals surface area contributed by atoms with Crippen LogP contribution in [0.15, 0.2) is 28.9 Å². The zero-order chi connectivity index (χ0) is 14.0. The maximum atomic E-state index is 13.6. The molecule has 0 atom stereocenters. The number of anilines is 3. The van der Waals surface area contributed by atoms with Gasteiger partial charge in [-0.3, -0.25) is 0 Å². The monoisotopic (exact) mass is 324 g/mol. The second-order valence-corrected chi connectivity index (χ2v) is 4.50. The Kier molecular flexibility index (Phi) is 3.62. The number of nitrogens with zero attached hydrogens (tertiary/aromatic N) is 2. The van der Waals surface area contributed by atoms with Crippen LogP contribution in [0, 0.1) is 23.0 Å². The molecule has 0 amide bonds. The Morgan fingerprint density at radius 3 is 2.68 bits per heavy atom. The van der Waals surface area contributed by atoms with Crippen LogP contribution in [0.2, 0.25) is 0 Å². The number of nitriles is 1. The van der Waals surface area contributed by atoms with Crippen LogP contribution in [0.1, 0.15) is 5.56 Å². The van der Waals surface area contributed by atoms with E-state index in [1.165, 1.54) is 12.3 Å². The van der Waals surface area contributed by atoms with Crippen molar-refractivity contribution in [1.29, 1.82) is 5.26 Å². The van der Waals surface area contributed by atoms with Crippen molar-refractivity contribution in [2.24, 2.45) is 0 Å². The van der Waals surface area contributed by atoms with Gasteiger partial charge in [-0.15, -0.1) is 0 Å². The van der Waals surface area contributed by atoms with Crippen LogP contribution < -0.4 is 11.1 Å². The molecule has 96 valence electrons. The standard InChI is InChI=1S/C12H7BrF2N4/c13-8-2-10(15)11(3-9(8)14)19-12-6(4-16)1-7(17)5-18-12/h1-3,5H,17H2,(H,18,19). The van der Waals surface area contributed by atoms with Gasteiger partial charge in [-0.25, -0.2) is 13.8 Å². The predicted octanol–water partition coefficient (Wildman–Crippen LogP) is 3.32. The van der Waals surface area contributed by atoms with E-state index < -0.39 is 11.6 Å². The highest BCUT2D eigenvalue weighted by atomic mass is 79.9. The van der Waals surface area contributed by atoms with Crippen LogP contribution in [-0.2, 0) is 0 Å². The summed E-state index contributed by atoms with van der Waals surface area (Å²) in [5.74, 6) is -1.19. The number of hydrogen-bond acceptors (Lipinski definition) is 4. The zero-order valence-corrected chi connectivity index (χ0v) is 11.0. The molecule has 0 aliphatic rings. The topological polar surface area (TPSA) is 74.7 Å². The summed E-state index contributed by atoms with van der Waals surface area (Å²) < 4.78 is 27.0. The quantitative estimate of drug-likeness (QED) is 0.831. The number of nitrogens with two attached hydrogens (primary N) is 1. The van der Waals surface area contributed by atoms with E-state index in [0.717, 1.165) is 12.1 Å². The minimum absolute atomic E-state index is 0.0151. The Bertz CT molecular complexity index is 682. The van der Waals surface area contributed by atoms with E-state index in [1.807, 2.05) is 6.07 Å². The van der Waals surface area contributed by atoms with E-state index in [1.54, 1.807) is 0 Å². The fourth-order valence-corrected chi connectivity index (χ4v) is 1.73. The van der Waals surface area contributed by atoms with Gasteiger partial charge in [0, 0.05) is 6.07 Å². The van der Waals surface area contributed by atoms with Gasteiger partial charge in [-0.2, -0.15) is 5.26 Å². The van der Waals surface area contributed by atoms with Crippen molar-refractivity contribution >= 4 is 33.1 Å². The number of pyridine rings is 1. The van der Waals surface area contributed by atoms with Gasteiger partial charge in [-0.1, -0.05) is 0 Å². The average molecular weight is 325 g/mol. The molecule has 0 aliphatic heterocycles. The highest BCUT2D eigenvalue weighted by Gasteiger charge is 2.11. The molecule has 2 rings (SSSR count). The average Bonchev–Trinajstić information content (AvgIpc) is 2.37. The molecule has 0 spiro atoms. The summed E-state index contributed by atoms with van der Waals surface area (Å²) in [5.41, 5.74) is 5.82. The van der Waals surface area contributed by atoms with E-state index >= 15 is 0 Å². The highest BCUT2D eigenvalue weighted by molar-refractivity contribution is 9.10. The molecule has 0 bridgehead atoms. The molecule has 0 saturated carbocycles. The number of nitrogen functional groups attached to an aromatic ring is 1. The lowest BCUT2D eigenvalue weighted by Crippen LogP contribution is -2.01. The van der Waals surface area contributed by atoms with Gasteiger partial charge < -0.3 is 11.1 Å². The molecule has 0 aliphatic carbocycles. The molecule has 0 saturated heterocycles. The smallest absolute Gasteiger partial charge is 0.148 e. The minimum Gasteiger partial charge on any atom is -0.397 e. The SMILES string of the molecule is N#Cc1cc(N)cnc1Nc1cc(F)c(Br)cc1F. The van der Waals surface area contributed by atoms with Crippen LogP contribution >= 0.6 is 15.9 Å².